The van der Waals surface area contributed by atoms with Crippen LogP contribution in [0.1, 0.15) is 11.1 Å². The average molecular weight is 398 g/mol. The van der Waals surface area contributed by atoms with E-state index in [1.165, 1.54) is 11.1 Å². The van der Waals surface area contributed by atoms with Crippen LogP contribution in [0.5, 0.6) is 11.5 Å². The van der Waals surface area contributed by atoms with Crippen LogP contribution in [0.25, 0.3) is 0 Å². The normalized spacial score (nSPS) is 10.4. The molecule has 0 heterocycles. The Bertz CT molecular complexity index is 898. The van der Waals surface area contributed by atoms with Gasteiger partial charge in [-0.3, -0.25) is 4.79 Å². The number of hydrogen-bond donors (Lipinski definition) is 1. The SMILES string of the molecule is Cc1ccc(CSCC(=O)Nc2cc(Cl)ccc2Oc2ccccc2)cc1. The highest BCUT2D eigenvalue weighted by Crippen LogP contribution is 2.32. The molecule has 0 aromatic heterocycles. The van der Waals surface area contributed by atoms with Crippen LogP contribution in [0.4, 0.5) is 5.69 Å². The molecule has 0 aliphatic carbocycles. The van der Waals surface area contributed by atoms with E-state index in [-0.39, 0.29) is 5.91 Å². The Morgan fingerprint density at radius 2 is 1.78 bits per heavy atom. The number of carbonyl (C=O) groups is 1. The quantitative estimate of drug-likeness (QED) is 0.507. The van der Waals surface area contributed by atoms with E-state index in [2.05, 4.69) is 36.5 Å². The summed E-state index contributed by atoms with van der Waals surface area (Å²) in [4.78, 5) is 12.3. The molecule has 0 radical (unpaired) electrons. The van der Waals surface area contributed by atoms with E-state index in [1.54, 1.807) is 30.0 Å². The first-order valence-electron chi connectivity index (χ1n) is 8.56. The first kappa shape index (κ1) is 19.3. The van der Waals surface area contributed by atoms with Crippen molar-refractivity contribution in [1.82, 2.24) is 0 Å². The Morgan fingerprint density at radius 3 is 2.52 bits per heavy atom. The van der Waals surface area contributed by atoms with Crippen LogP contribution >= 0.6 is 23.4 Å². The second-order valence-electron chi connectivity index (χ2n) is 6.08. The highest BCUT2D eigenvalue weighted by atomic mass is 35.5. The second-order valence-corrected chi connectivity index (χ2v) is 7.50. The number of thioether (sulfide) groups is 1. The average Bonchev–Trinajstić information content (AvgIpc) is 2.66. The van der Waals surface area contributed by atoms with E-state index in [9.17, 15) is 4.79 Å². The Hall–Kier alpha value is -2.43. The minimum Gasteiger partial charge on any atom is -0.455 e. The molecule has 0 saturated carbocycles. The number of anilines is 1. The van der Waals surface area contributed by atoms with E-state index in [0.29, 0.717) is 28.0 Å². The zero-order valence-electron chi connectivity index (χ0n) is 14.9. The molecule has 5 heteroatoms. The summed E-state index contributed by atoms with van der Waals surface area (Å²) in [7, 11) is 0. The molecule has 3 aromatic carbocycles. The number of para-hydroxylation sites is 1. The van der Waals surface area contributed by atoms with Crippen molar-refractivity contribution in [3.05, 3.63) is 88.9 Å². The summed E-state index contributed by atoms with van der Waals surface area (Å²) in [5.74, 6) is 2.31. The Balaban J connectivity index is 1.59. The van der Waals surface area contributed by atoms with Crippen molar-refractivity contribution in [3.63, 3.8) is 0 Å². The largest absolute Gasteiger partial charge is 0.455 e. The highest BCUT2D eigenvalue weighted by molar-refractivity contribution is 7.99. The molecule has 138 valence electrons. The maximum absolute atomic E-state index is 12.3. The third-order valence-corrected chi connectivity index (χ3v) is 5.05. The molecule has 3 aromatic rings. The monoisotopic (exact) mass is 397 g/mol. The van der Waals surface area contributed by atoms with Crippen LogP contribution in [-0.2, 0) is 10.5 Å². The molecule has 0 atom stereocenters. The van der Waals surface area contributed by atoms with Crippen molar-refractivity contribution in [2.24, 2.45) is 0 Å². The first-order valence-corrected chi connectivity index (χ1v) is 10.1. The molecule has 27 heavy (non-hydrogen) atoms. The van der Waals surface area contributed by atoms with Crippen molar-refractivity contribution in [3.8, 4) is 11.5 Å². The lowest BCUT2D eigenvalue weighted by Gasteiger charge is -2.13. The van der Waals surface area contributed by atoms with Crippen molar-refractivity contribution < 1.29 is 9.53 Å². The lowest BCUT2D eigenvalue weighted by Crippen LogP contribution is -2.14. The van der Waals surface area contributed by atoms with Gasteiger partial charge >= 0.3 is 0 Å². The fraction of sp³-hybridized carbons (Fsp3) is 0.136. The summed E-state index contributed by atoms with van der Waals surface area (Å²) in [6.45, 7) is 2.06. The number of hydrogen-bond acceptors (Lipinski definition) is 3. The lowest BCUT2D eigenvalue weighted by molar-refractivity contribution is -0.113. The highest BCUT2D eigenvalue weighted by Gasteiger charge is 2.10. The molecule has 1 N–H and O–H groups in total. The molecule has 0 spiro atoms. The summed E-state index contributed by atoms with van der Waals surface area (Å²) >= 11 is 7.66. The van der Waals surface area contributed by atoms with Gasteiger partial charge < -0.3 is 10.1 Å². The number of rotatable bonds is 7. The van der Waals surface area contributed by atoms with Gasteiger partial charge in [0.25, 0.3) is 0 Å². The van der Waals surface area contributed by atoms with Gasteiger partial charge in [0, 0.05) is 10.8 Å². The molecule has 0 aliphatic rings. The van der Waals surface area contributed by atoms with Gasteiger partial charge in [-0.2, -0.15) is 0 Å². The topological polar surface area (TPSA) is 38.3 Å². The molecule has 0 unspecified atom stereocenters. The van der Waals surface area contributed by atoms with Crippen LogP contribution in [0.15, 0.2) is 72.8 Å². The first-order chi connectivity index (χ1) is 13.1. The maximum Gasteiger partial charge on any atom is 0.234 e. The molecule has 3 rings (SSSR count). The van der Waals surface area contributed by atoms with E-state index >= 15 is 0 Å². The molecule has 0 aliphatic heterocycles. The number of aryl methyl sites for hydroxylation is 1. The van der Waals surface area contributed by atoms with Gasteiger partial charge in [0.15, 0.2) is 5.75 Å². The third kappa shape index (κ3) is 6.05. The van der Waals surface area contributed by atoms with Gasteiger partial charge in [0.2, 0.25) is 5.91 Å². The van der Waals surface area contributed by atoms with E-state index in [4.69, 9.17) is 16.3 Å². The standard InChI is InChI=1S/C22H20ClNO2S/c1-16-7-9-17(10-8-16)14-27-15-22(25)24-20-13-18(23)11-12-21(20)26-19-5-3-2-4-6-19/h2-13H,14-15H2,1H3,(H,24,25). The molecule has 1 amide bonds. The van der Waals surface area contributed by atoms with Crippen LogP contribution < -0.4 is 10.1 Å². The van der Waals surface area contributed by atoms with E-state index < -0.39 is 0 Å². The summed E-state index contributed by atoms with van der Waals surface area (Å²) in [5, 5.41) is 3.44. The lowest BCUT2D eigenvalue weighted by atomic mass is 10.2. The number of benzene rings is 3. The Labute approximate surface area is 168 Å². The van der Waals surface area contributed by atoms with Crippen molar-refractivity contribution >= 4 is 35.0 Å². The van der Waals surface area contributed by atoms with Crippen LogP contribution in [0, 0.1) is 6.92 Å². The summed E-state index contributed by atoms with van der Waals surface area (Å²) < 4.78 is 5.87. The molecule has 0 saturated heterocycles. The fourth-order valence-corrected chi connectivity index (χ4v) is 3.40. The Kier molecular flexibility index (Phi) is 6.80. The summed E-state index contributed by atoms with van der Waals surface area (Å²) in [5.41, 5.74) is 3.00. The molecular formula is C22H20ClNO2S. The minimum atomic E-state index is -0.0905. The predicted octanol–water partition coefficient (Wildman–Crippen LogP) is 6.31. The van der Waals surface area contributed by atoms with Gasteiger partial charge in [0.1, 0.15) is 5.75 Å². The van der Waals surface area contributed by atoms with E-state index in [1.807, 2.05) is 30.3 Å². The molecule has 0 bridgehead atoms. The number of ether oxygens (including phenoxy) is 1. The van der Waals surface area contributed by atoms with Crippen molar-refractivity contribution in [2.75, 3.05) is 11.1 Å². The molecular weight excluding hydrogens is 378 g/mol. The fourth-order valence-electron chi connectivity index (χ4n) is 2.44. The smallest absolute Gasteiger partial charge is 0.234 e. The van der Waals surface area contributed by atoms with Gasteiger partial charge in [-0.1, -0.05) is 59.6 Å². The van der Waals surface area contributed by atoms with Gasteiger partial charge in [0.05, 0.1) is 11.4 Å². The zero-order valence-corrected chi connectivity index (χ0v) is 16.5. The van der Waals surface area contributed by atoms with Crippen LogP contribution in [-0.4, -0.2) is 11.7 Å². The van der Waals surface area contributed by atoms with Crippen LogP contribution in [0.2, 0.25) is 5.02 Å². The summed E-state index contributed by atoms with van der Waals surface area (Å²) in [6.07, 6.45) is 0. The number of nitrogens with one attached hydrogen (secondary N) is 1. The van der Waals surface area contributed by atoms with Crippen molar-refractivity contribution in [1.29, 1.82) is 0 Å². The number of carbonyl (C=O) groups excluding carboxylic acids is 1. The zero-order chi connectivity index (χ0) is 19.1. The summed E-state index contributed by atoms with van der Waals surface area (Å²) in [6, 6.07) is 22.9. The van der Waals surface area contributed by atoms with E-state index in [0.717, 1.165) is 5.75 Å². The van der Waals surface area contributed by atoms with Crippen molar-refractivity contribution in [2.45, 2.75) is 12.7 Å². The number of amides is 1. The predicted molar refractivity (Wildman–Crippen MR) is 114 cm³/mol. The molecule has 0 fully saturated rings. The number of halogens is 1. The van der Waals surface area contributed by atoms with Gasteiger partial charge in [-0.25, -0.2) is 0 Å². The van der Waals surface area contributed by atoms with Crippen LogP contribution in [0.3, 0.4) is 0 Å². The third-order valence-electron chi connectivity index (χ3n) is 3.81. The van der Waals surface area contributed by atoms with Gasteiger partial charge in [-0.15, -0.1) is 11.8 Å². The minimum absolute atomic E-state index is 0.0905. The molecule has 3 nitrogen and oxygen atoms in total. The maximum atomic E-state index is 12.3. The van der Waals surface area contributed by atoms with Gasteiger partial charge in [-0.05, 0) is 42.8 Å². The Morgan fingerprint density at radius 1 is 1.04 bits per heavy atom. The second kappa shape index (κ2) is 9.49.